The molecule has 1 fully saturated rings. The van der Waals surface area contributed by atoms with E-state index in [1.807, 2.05) is 0 Å². The predicted molar refractivity (Wildman–Crippen MR) is 89.1 cm³/mol. The second-order valence-corrected chi connectivity index (χ2v) is 6.14. The van der Waals surface area contributed by atoms with E-state index in [1.165, 1.54) is 18.3 Å². The average molecular weight is 353 g/mol. The summed E-state index contributed by atoms with van der Waals surface area (Å²) in [7, 11) is 0. The van der Waals surface area contributed by atoms with Gasteiger partial charge in [0.15, 0.2) is 5.75 Å². The first-order chi connectivity index (χ1) is 11.5. The number of halogens is 2. The Morgan fingerprint density at radius 2 is 2.00 bits per heavy atom. The van der Waals surface area contributed by atoms with Crippen LogP contribution >= 0.6 is 11.6 Å². The second-order valence-electron chi connectivity index (χ2n) is 5.73. The zero-order valence-electron chi connectivity index (χ0n) is 13.0. The van der Waals surface area contributed by atoms with Crippen molar-refractivity contribution in [1.29, 1.82) is 0 Å². The maximum Gasteiger partial charge on any atom is 0.222 e. The van der Waals surface area contributed by atoms with Crippen molar-refractivity contribution in [3.63, 3.8) is 0 Å². The molecule has 6 nitrogen and oxygen atoms in total. The maximum atomic E-state index is 13.2. The van der Waals surface area contributed by atoms with Gasteiger partial charge in [0.05, 0.1) is 17.3 Å². The van der Waals surface area contributed by atoms with Gasteiger partial charge in [-0.05, 0) is 31.0 Å². The number of aromatic nitrogens is 2. The Bertz CT molecular complexity index is 725. The molecule has 2 aromatic rings. The van der Waals surface area contributed by atoms with Crippen molar-refractivity contribution in [1.82, 2.24) is 9.97 Å². The summed E-state index contributed by atoms with van der Waals surface area (Å²) in [4.78, 5) is 7.99. The smallest absolute Gasteiger partial charge is 0.222 e. The van der Waals surface area contributed by atoms with Crippen molar-refractivity contribution in [2.24, 2.45) is 0 Å². The van der Waals surface area contributed by atoms with Gasteiger partial charge in [-0.1, -0.05) is 30.9 Å². The molecule has 3 rings (SSSR count). The molecule has 24 heavy (non-hydrogen) atoms. The summed E-state index contributed by atoms with van der Waals surface area (Å²) in [5.41, 5.74) is 5.65. The van der Waals surface area contributed by atoms with Crippen molar-refractivity contribution in [2.45, 2.75) is 38.1 Å². The fourth-order valence-electron chi connectivity index (χ4n) is 2.79. The zero-order chi connectivity index (χ0) is 17.1. The summed E-state index contributed by atoms with van der Waals surface area (Å²) < 4.78 is 18.8. The monoisotopic (exact) mass is 352 g/mol. The van der Waals surface area contributed by atoms with Crippen LogP contribution in [0.25, 0.3) is 0 Å². The van der Waals surface area contributed by atoms with Gasteiger partial charge in [0.25, 0.3) is 0 Å². The first-order valence-corrected chi connectivity index (χ1v) is 8.16. The first kappa shape index (κ1) is 16.7. The molecule has 0 amide bonds. The Kier molecular flexibility index (Phi) is 5.01. The van der Waals surface area contributed by atoms with Crippen LogP contribution in [0, 0.1) is 5.82 Å². The summed E-state index contributed by atoms with van der Waals surface area (Å²) >= 11 is 5.98. The molecule has 1 aromatic heterocycles. The van der Waals surface area contributed by atoms with Crippen LogP contribution in [-0.4, -0.2) is 21.2 Å². The number of nitrogens with two attached hydrogens (primary N) is 1. The topological polar surface area (TPSA) is 84.5 Å². The lowest BCUT2D eigenvalue weighted by Gasteiger charge is -2.30. The van der Waals surface area contributed by atoms with Crippen LogP contribution in [0.5, 0.6) is 11.5 Å². The fourth-order valence-corrected chi connectivity index (χ4v) is 2.99. The molecule has 0 radical (unpaired) electrons. The molecule has 0 aliphatic heterocycles. The van der Waals surface area contributed by atoms with Crippen molar-refractivity contribution in [2.75, 3.05) is 10.8 Å². The highest BCUT2D eigenvalue weighted by atomic mass is 35.5. The van der Waals surface area contributed by atoms with Crippen LogP contribution in [0.2, 0.25) is 5.02 Å². The lowest BCUT2D eigenvalue weighted by atomic mass is 9.95. The van der Waals surface area contributed by atoms with E-state index in [2.05, 4.69) is 9.97 Å². The van der Waals surface area contributed by atoms with Crippen molar-refractivity contribution in [3.8, 4) is 11.5 Å². The van der Waals surface area contributed by atoms with Crippen molar-refractivity contribution < 1.29 is 14.3 Å². The molecular weight excluding hydrogens is 335 g/mol. The normalized spacial score (nSPS) is 15.3. The van der Waals surface area contributed by atoms with Gasteiger partial charge >= 0.3 is 0 Å². The first-order valence-electron chi connectivity index (χ1n) is 7.78. The number of hydroxylamine groups is 1. The van der Waals surface area contributed by atoms with E-state index < -0.39 is 5.82 Å². The molecule has 1 aliphatic carbocycles. The van der Waals surface area contributed by atoms with Crippen LogP contribution in [-0.2, 0) is 0 Å². The number of benzene rings is 1. The Morgan fingerprint density at radius 1 is 1.25 bits per heavy atom. The standard InChI is InChI=1S/C16H18ClFN4O2/c17-12-8-10(18)6-7-13(12)24-14-9-20-16(19)21-15(14)22(23)11-4-2-1-3-5-11/h6-9,11,23H,1-5H2,(H2,19,20,21). The molecule has 3 N–H and O–H groups in total. The number of nitrogens with zero attached hydrogens (tertiary/aromatic N) is 3. The van der Waals surface area contributed by atoms with Crippen molar-refractivity contribution in [3.05, 3.63) is 35.2 Å². The third-order valence-electron chi connectivity index (χ3n) is 4.01. The summed E-state index contributed by atoms with van der Waals surface area (Å²) in [6, 6.07) is 3.72. The van der Waals surface area contributed by atoms with Gasteiger partial charge in [0.1, 0.15) is 11.6 Å². The average Bonchev–Trinajstić information content (AvgIpc) is 2.59. The number of nitrogen functional groups attached to an aromatic ring is 1. The number of hydrogen-bond donors (Lipinski definition) is 2. The minimum absolute atomic E-state index is 0.0254. The molecule has 8 heteroatoms. The molecule has 1 saturated carbocycles. The Balaban J connectivity index is 1.90. The number of hydrogen-bond acceptors (Lipinski definition) is 6. The van der Waals surface area contributed by atoms with Gasteiger partial charge in [0.2, 0.25) is 11.8 Å². The minimum Gasteiger partial charge on any atom is -0.450 e. The van der Waals surface area contributed by atoms with Crippen LogP contribution in [0.4, 0.5) is 16.2 Å². The minimum atomic E-state index is -0.466. The second kappa shape index (κ2) is 7.19. The van der Waals surface area contributed by atoms with E-state index in [9.17, 15) is 9.60 Å². The molecule has 1 aromatic carbocycles. The predicted octanol–water partition coefficient (Wildman–Crippen LogP) is 4.17. The highest BCUT2D eigenvalue weighted by molar-refractivity contribution is 6.32. The third-order valence-corrected chi connectivity index (χ3v) is 4.30. The van der Waals surface area contributed by atoms with E-state index in [0.717, 1.165) is 43.2 Å². The van der Waals surface area contributed by atoms with E-state index in [1.54, 1.807) is 0 Å². The summed E-state index contributed by atoms with van der Waals surface area (Å²) in [5.74, 6) is 0.176. The molecular formula is C16H18ClFN4O2. The molecule has 128 valence electrons. The van der Waals surface area contributed by atoms with Gasteiger partial charge in [-0.25, -0.2) is 14.4 Å². The number of anilines is 2. The van der Waals surface area contributed by atoms with Crippen molar-refractivity contribution >= 4 is 23.4 Å². The SMILES string of the molecule is Nc1ncc(Oc2ccc(F)cc2Cl)c(N(O)C2CCCCC2)n1. The fraction of sp³-hybridized carbons (Fsp3) is 0.375. The summed E-state index contributed by atoms with van der Waals surface area (Å²) in [6.45, 7) is 0. The van der Waals surface area contributed by atoms with Gasteiger partial charge < -0.3 is 10.5 Å². The van der Waals surface area contributed by atoms with E-state index in [-0.39, 0.29) is 34.3 Å². The number of ether oxygens (including phenoxy) is 1. The quantitative estimate of drug-likeness (QED) is 0.803. The molecule has 1 aliphatic rings. The van der Waals surface area contributed by atoms with Crippen LogP contribution in [0.3, 0.4) is 0 Å². The van der Waals surface area contributed by atoms with E-state index in [0.29, 0.717) is 0 Å². The Morgan fingerprint density at radius 3 is 2.71 bits per heavy atom. The third kappa shape index (κ3) is 3.68. The van der Waals surface area contributed by atoms with E-state index >= 15 is 0 Å². The summed E-state index contributed by atoms with van der Waals surface area (Å²) in [6.07, 6.45) is 6.33. The molecule has 0 spiro atoms. The molecule has 1 heterocycles. The van der Waals surface area contributed by atoms with Gasteiger partial charge in [0, 0.05) is 0 Å². The molecule has 0 atom stereocenters. The van der Waals surface area contributed by atoms with Gasteiger partial charge in [-0.15, -0.1) is 0 Å². The van der Waals surface area contributed by atoms with E-state index in [4.69, 9.17) is 22.1 Å². The van der Waals surface area contributed by atoms with Gasteiger partial charge in [-0.2, -0.15) is 4.98 Å². The lowest BCUT2D eigenvalue weighted by molar-refractivity contribution is 0.185. The Hall–Kier alpha value is -2.12. The largest absolute Gasteiger partial charge is 0.450 e. The molecule has 0 unspecified atom stereocenters. The maximum absolute atomic E-state index is 13.2. The molecule has 0 saturated heterocycles. The zero-order valence-corrected chi connectivity index (χ0v) is 13.7. The van der Waals surface area contributed by atoms with Crippen LogP contribution < -0.4 is 15.5 Å². The Labute approximate surface area is 144 Å². The number of rotatable bonds is 4. The van der Waals surface area contributed by atoms with Crippen LogP contribution in [0.15, 0.2) is 24.4 Å². The lowest BCUT2D eigenvalue weighted by Crippen LogP contribution is -2.35. The van der Waals surface area contributed by atoms with Gasteiger partial charge in [-0.3, -0.25) is 5.21 Å². The highest BCUT2D eigenvalue weighted by Gasteiger charge is 2.25. The summed E-state index contributed by atoms with van der Waals surface area (Å²) in [5, 5.41) is 11.8. The molecule has 0 bridgehead atoms. The van der Waals surface area contributed by atoms with Crippen LogP contribution in [0.1, 0.15) is 32.1 Å². The highest BCUT2D eigenvalue weighted by Crippen LogP contribution is 2.36.